The third kappa shape index (κ3) is 1.12. The highest BCUT2D eigenvalue weighted by Gasteiger charge is 2.29. The van der Waals surface area contributed by atoms with Crippen LogP contribution in [0.5, 0.6) is 0 Å². The molecule has 1 N–H and O–H groups in total. The van der Waals surface area contributed by atoms with E-state index in [0.717, 1.165) is 30.5 Å². The topological polar surface area (TPSA) is 33.1 Å². The molecule has 1 heterocycles. The highest BCUT2D eigenvalue weighted by atomic mass is 16.3. The first kappa shape index (κ1) is 7.74. The first-order valence-corrected chi connectivity index (χ1v) is 4.37. The van der Waals surface area contributed by atoms with Crippen LogP contribution in [0.15, 0.2) is 18.3 Å². The molecule has 0 radical (unpaired) electrons. The highest BCUT2D eigenvalue weighted by Crippen LogP contribution is 2.33. The van der Waals surface area contributed by atoms with Crippen molar-refractivity contribution in [1.82, 2.24) is 4.98 Å². The van der Waals surface area contributed by atoms with E-state index in [1.165, 1.54) is 0 Å². The van der Waals surface area contributed by atoms with Crippen LogP contribution in [0.4, 0.5) is 0 Å². The van der Waals surface area contributed by atoms with Crippen LogP contribution in [-0.2, 0) is 12.0 Å². The second-order valence-electron chi connectivity index (χ2n) is 3.63. The van der Waals surface area contributed by atoms with Gasteiger partial charge in [-0.1, -0.05) is 6.07 Å². The molecule has 0 aliphatic heterocycles. The predicted octanol–water partition coefficient (Wildman–Crippen LogP) is 1.63. The first-order valence-electron chi connectivity index (χ1n) is 4.37. The normalized spacial score (nSPS) is 28.2. The van der Waals surface area contributed by atoms with Gasteiger partial charge in [-0.3, -0.25) is 4.98 Å². The molecule has 1 atom stereocenters. The van der Waals surface area contributed by atoms with Crippen molar-refractivity contribution >= 4 is 0 Å². The number of aliphatic hydroxyl groups is 1. The monoisotopic (exact) mass is 163 g/mol. The molecule has 1 aliphatic rings. The zero-order valence-electron chi connectivity index (χ0n) is 7.25. The van der Waals surface area contributed by atoms with E-state index in [-0.39, 0.29) is 0 Å². The fourth-order valence-corrected chi connectivity index (χ4v) is 1.86. The number of hydrogen-bond donors (Lipinski definition) is 1. The number of aromatic nitrogens is 1. The summed E-state index contributed by atoms with van der Waals surface area (Å²) in [7, 11) is 0. The summed E-state index contributed by atoms with van der Waals surface area (Å²) >= 11 is 0. The van der Waals surface area contributed by atoms with E-state index in [4.69, 9.17) is 0 Å². The van der Waals surface area contributed by atoms with Crippen molar-refractivity contribution in [1.29, 1.82) is 0 Å². The Kier molecular flexibility index (Phi) is 1.65. The van der Waals surface area contributed by atoms with Crippen molar-refractivity contribution in [3.63, 3.8) is 0 Å². The molecule has 0 fully saturated rings. The third-order valence-corrected chi connectivity index (χ3v) is 2.55. The Bertz CT molecular complexity index is 294. The number of hydrogen-bond acceptors (Lipinski definition) is 2. The average Bonchev–Trinajstić information content (AvgIpc) is 2.04. The van der Waals surface area contributed by atoms with Crippen LogP contribution < -0.4 is 0 Å². The smallest absolute Gasteiger partial charge is 0.0886 e. The number of nitrogens with zero attached hydrogens (tertiary/aromatic N) is 1. The number of aryl methyl sites for hydroxylation is 1. The number of fused-ring (bicyclic) bond motifs is 1. The molecule has 2 rings (SSSR count). The van der Waals surface area contributed by atoms with Crippen molar-refractivity contribution in [3.05, 3.63) is 29.6 Å². The summed E-state index contributed by atoms with van der Waals surface area (Å²) in [4.78, 5) is 4.25. The Morgan fingerprint density at radius 1 is 1.58 bits per heavy atom. The minimum Gasteiger partial charge on any atom is -0.385 e. The maximum Gasteiger partial charge on any atom is 0.0886 e. The zero-order chi connectivity index (χ0) is 8.60. The Labute approximate surface area is 72.3 Å². The Balaban J connectivity index is 2.52. The van der Waals surface area contributed by atoms with Crippen LogP contribution in [0.2, 0.25) is 0 Å². The molecule has 1 aromatic rings. The SMILES string of the molecule is CC1(O)CCCc2ncccc21. The molecule has 2 heteroatoms. The molecule has 0 saturated heterocycles. The largest absolute Gasteiger partial charge is 0.385 e. The van der Waals surface area contributed by atoms with Gasteiger partial charge in [-0.05, 0) is 32.3 Å². The lowest BCUT2D eigenvalue weighted by molar-refractivity contribution is 0.0379. The van der Waals surface area contributed by atoms with Crippen molar-refractivity contribution in [2.75, 3.05) is 0 Å². The molecule has 64 valence electrons. The van der Waals surface area contributed by atoms with Gasteiger partial charge in [0.05, 0.1) is 5.60 Å². The number of pyridine rings is 1. The van der Waals surface area contributed by atoms with Crippen molar-refractivity contribution in [2.24, 2.45) is 0 Å². The minimum atomic E-state index is -0.651. The second-order valence-corrected chi connectivity index (χ2v) is 3.63. The molecular formula is C10H13NO. The van der Waals surface area contributed by atoms with Crippen molar-refractivity contribution in [3.8, 4) is 0 Å². The van der Waals surface area contributed by atoms with E-state index < -0.39 is 5.60 Å². The zero-order valence-corrected chi connectivity index (χ0v) is 7.25. The molecule has 0 bridgehead atoms. The van der Waals surface area contributed by atoms with E-state index in [9.17, 15) is 5.11 Å². The number of rotatable bonds is 0. The van der Waals surface area contributed by atoms with E-state index in [1.807, 2.05) is 19.1 Å². The highest BCUT2D eigenvalue weighted by molar-refractivity contribution is 5.28. The van der Waals surface area contributed by atoms with Gasteiger partial charge in [-0.15, -0.1) is 0 Å². The van der Waals surface area contributed by atoms with Gasteiger partial charge in [0, 0.05) is 17.5 Å². The average molecular weight is 163 g/mol. The lowest BCUT2D eigenvalue weighted by Gasteiger charge is -2.29. The Hall–Kier alpha value is -0.890. The maximum absolute atomic E-state index is 9.99. The van der Waals surface area contributed by atoms with Crippen LogP contribution >= 0.6 is 0 Å². The van der Waals surface area contributed by atoms with Crippen LogP contribution in [0, 0.1) is 0 Å². The summed E-state index contributed by atoms with van der Waals surface area (Å²) in [6.45, 7) is 1.87. The third-order valence-electron chi connectivity index (χ3n) is 2.55. The van der Waals surface area contributed by atoms with Crippen LogP contribution in [0.1, 0.15) is 31.0 Å². The predicted molar refractivity (Wildman–Crippen MR) is 46.7 cm³/mol. The van der Waals surface area contributed by atoms with Gasteiger partial charge in [-0.25, -0.2) is 0 Å². The molecule has 1 aliphatic carbocycles. The summed E-state index contributed by atoms with van der Waals surface area (Å²) in [5.74, 6) is 0. The van der Waals surface area contributed by atoms with Crippen LogP contribution in [0.3, 0.4) is 0 Å². The summed E-state index contributed by atoms with van der Waals surface area (Å²) in [6, 6.07) is 3.86. The minimum absolute atomic E-state index is 0.651. The van der Waals surface area contributed by atoms with Crippen molar-refractivity contribution in [2.45, 2.75) is 31.8 Å². The quantitative estimate of drug-likeness (QED) is 0.630. The molecule has 1 aromatic heterocycles. The van der Waals surface area contributed by atoms with Gasteiger partial charge in [0.25, 0.3) is 0 Å². The molecular weight excluding hydrogens is 150 g/mol. The van der Waals surface area contributed by atoms with Gasteiger partial charge in [0.2, 0.25) is 0 Å². The molecule has 1 unspecified atom stereocenters. The van der Waals surface area contributed by atoms with E-state index in [0.29, 0.717) is 0 Å². The van der Waals surface area contributed by atoms with Gasteiger partial charge in [-0.2, -0.15) is 0 Å². The van der Waals surface area contributed by atoms with Gasteiger partial charge < -0.3 is 5.11 Å². The summed E-state index contributed by atoms with van der Waals surface area (Å²) < 4.78 is 0. The Morgan fingerprint density at radius 3 is 3.17 bits per heavy atom. The van der Waals surface area contributed by atoms with E-state index in [1.54, 1.807) is 6.20 Å². The molecule has 0 amide bonds. The lowest BCUT2D eigenvalue weighted by Crippen LogP contribution is -2.27. The summed E-state index contributed by atoms with van der Waals surface area (Å²) in [6.07, 6.45) is 4.69. The summed E-state index contributed by atoms with van der Waals surface area (Å²) in [5.41, 5.74) is 1.42. The fourth-order valence-electron chi connectivity index (χ4n) is 1.86. The van der Waals surface area contributed by atoms with Gasteiger partial charge >= 0.3 is 0 Å². The fraction of sp³-hybridized carbons (Fsp3) is 0.500. The first-order chi connectivity index (χ1) is 5.70. The van der Waals surface area contributed by atoms with Crippen LogP contribution in [-0.4, -0.2) is 10.1 Å². The lowest BCUT2D eigenvalue weighted by atomic mass is 9.83. The molecule has 0 spiro atoms. The van der Waals surface area contributed by atoms with Gasteiger partial charge in [0.1, 0.15) is 0 Å². The summed E-state index contributed by atoms with van der Waals surface area (Å²) in [5, 5.41) is 9.99. The molecule has 2 nitrogen and oxygen atoms in total. The van der Waals surface area contributed by atoms with Crippen molar-refractivity contribution < 1.29 is 5.11 Å². The maximum atomic E-state index is 9.99. The second kappa shape index (κ2) is 2.56. The van der Waals surface area contributed by atoms with E-state index >= 15 is 0 Å². The molecule has 0 aromatic carbocycles. The van der Waals surface area contributed by atoms with E-state index in [2.05, 4.69) is 4.98 Å². The Morgan fingerprint density at radius 2 is 2.42 bits per heavy atom. The molecule has 0 saturated carbocycles. The van der Waals surface area contributed by atoms with Gasteiger partial charge in [0.15, 0.2) is 0 Å². The standard InChI is InChI=1S/C10H13NO/c1-10(12)6-2-5-9-8(10)4-3-7-11-9/h3-4,7,12H,2,5-6H2,1H3. The van der Waals surface area contributed by atoms with Crippen LogP contribution in [0.25, 0.3) is 0 Å². The molecule has 12 heavy (non-hydrogen) atoms.